The first-order chi connectivity index (χ1) is 9.39. The van der Waals surface area contributed by atoms with Crippen molar-refractivity contribution in [2.45, 2.75) is 11.8 Å². The lowest BCUT2D eigenvalue weighted by Crippen LogP contribution is -3.14. The summed E-state index contributed by atoms with van der Waals surface area (Å²) in [5.74, 6) is 0. The summed E-state index contributed by atoms with van der Waals surface area (Å²) in [6, 6.07) is 6.81. The van der Waals surface area contributed by atoms with Gasteiger partial charge in [-0.15, -0.1) is 0 Å². The van der Waals surface area contributed by atoms with E-state index in [9.17, 15) is 8.42 Å². The number of quaternary nitrogens is 1. The van der Waals surface area contributed by atoms with E-state index in [2.05, 4.69) is 22.5 Å². The summed E-state index contributed by atoms with van der Waals surface area (Å²) in [5, 5.41) is 0. The van der Waals surface area contributed by atoms with E-state index in [4.69, 9.17) is 0 Å². The average Bonchev–Trinajstić information content (AvgIpc) is 2.39. The molecule has 1 fully saturated rings. The fourth-order valence-corrected chi connectivity index (χ4v) is 4.11. The fourth-order valence-electron chi connectivity index (χ4n) is 2.40. The summed E-state index contributed by atoms with van der Waals surface area (Å²) in [6.45, 7) is 9.66. The number of nitrogens with zero attached hydrogens (tertiary/aromatic N) is 1. The molecular formula is C14H20BrN2O2S+. The molecule has 20 heavy (non-hydrogen) atoms. The van der Waals surface area contributed by atoms with Crippen LogP contribution in [0.1, 0.15) is 6.92 Å². The van der Waals surface area contributed by atoms with E-state index in [1.807, 2.05) is 6.92 Å². The molecule has 0 aliphatic carbocycles. The minimum atomic E-state index is -3.35. The third-order valence-electron chi connectivity index (χ3n) is 3.43. The van der Waals surface area contributed by atoms with Crippen LogP contribution in [-0.4, -0.2) is 45.4 Å². The zero-order chi connectivity index (χ0) is 14.8. The first kappa shape index (κ1) is 15.7. The molecular weight excluding hydrogens is 340 g/mol. The topological polar surface area (TPSA) is 41.8 Å². The molecule has 0 atom stereocenters. The van der Waals surface area contributed by atoms with Gasteiger partial charge in [-0.3, -0.25) is 0 Å². The molecule has 0 radical (unpaired) electrons. The van der Waals surface area contributed by atoms with Crippen molar-refractivity contribution < 1.29 is 13.3 Å². The molecule has 110 valence electrons. The van der Waals surface area contributed by atoms with E-state index in [1.54, 1.807) is 28.6 Å². The molecule has 1 heterocycles. The number of rotatable bonds is 4. The maximum Gasteiger partial charge on any atom is 0.243 e. The molecule has 1 N–H and O–H groups in total. The quantitative estimate of drug-likeness (QED) is 0.812. The van der Waals surface area contributed by atoms with Crippen molar-refractivity contribution in [2.75, 3.05) is 32.7 Å². The molecule has 0 saturated carbocycles. The van der Waals surface area contributed by atoms with Crippen molar-refractivity contribution in [3.8, 4) is 0 Å². The van der Waals surface area contributed by atoms with Crippen molar-refractivity contribution >= 4 is 26.0 Å². The molecule has 0 amide bonds. The molecule has 0 spiro atoms. The molecule has 0 bridgehead atoms. The predicted molar refractivity (Wildman–Crippen MR) is 83.3 cm³/mol. The summed E-state index contributed by atoms with van der Waals surface area (Å²) in [6.07, 6.45) is 0. The van der Waals surface area contributed by atoms with Crippen LogP contribution in [0.3, 0.4) is 0 Å². The summed E-state index contributed by atoms with van der Waals surface area (Å²) < 4.78 is 27.5. The van der Waals surface area contributed by atoms with Crippen LogP contribution in [0.2, 0.25) is 0 Å². The largest absolute Gasteiger partial charge is 0.329 e. The van der Waals surface area contributed by atoms with E-state index >= 15 is 0 Å². The van der Waals surface area contributed by atoms with Gasteiger partial charge in [-0.2, -0.15) is 4.31 Å². The Bertz CT molecular complexity index is 576. The van der Waals surface area contributed by atoms with Gasteiger partial charge in [0.2, 0.25) is 10.0 Å². The molecule has 4 nitrogen and oxygen atoms in total. The number of nitrogens with one attached hydrogen (secondary N) is 1. The van der Waals surface area contributed by atoms with Crippen LogP contribution in [0.5, 0.6) is 0 Å². The fraction of sp³-hybridized carbons (Fsp3) is 0.429. The third-order valence-corrected chi connectivity index (χ3v) is 5.87. The second-order valence-electron chi connectivity index (χ2n) is 5.24. The lowest BCUT2D eigenvalue weighted by Gasteiger charge is -2.31. The van der Waals surface area contributed by atoms with Crippen molar-refractivity contribution in [1.82, 2.24) is 4.31 Å². The molecule has 1 saturated heterocycles. The van der Waals surface area contributed by atoms with Gasteiger partial charge in [-0.1, -0.05) is 22.5 Å². The van der Waals surface area contributed by atoms with Crippen LogP contribution in [0, 0.1) is 0 Å². The SMILES string of the molecule is C=C(C)C[NH+]1CCN(S(=O)(=O)c2ccc(Br)cc2)CC1. The van der Waals surface area contributed by atoms with Crippen LogP contribution in [0.25, 0.3) is 0 Å². The molecule has 1 aliphatic rings. The highest BCUT2D eigenvalue weighted by molar-refractivity contribution is 9.10. The van der Waals surface area contributed by atoms with Gasteiger partial charge in [-0.05, 0) is 36.8 Å². The highest BCUT2D eigenvalue weighted by Gasteiger charge is 2.30. The van der Waals surface area contributed by atoms with Crippen molar-refractivity contribution in [3.63, 3.8) is 0 Å². The van der Waals surface area contributed by atoms with E-state index in [-0.39, 0.29) is 0 Å². The van der Waals surface area contributed by atoms with Crippen LogP contribution in [0.15, 0.2) is 45.8 Å². The Kier molecular flexibility index (Phi) is 5.01. The minimum Gasteiger partial charge on any atom is -0.329 e. The zero-order valence-corrected chi connectivity index (χ0v) is 14.0. The Hall–Kier alpha value is -0.690. The van der Waals surface area contributed by atoms with Crippen molar-refractivity contribution in [3.05, 3.63) is 40.9 Å². The zero-order valence-electron chi connectivity index (χ0n) is 11.6. The second-order valence-corrected chi connectivity index (χ2v) is 8.10. The highest BCUT2D eigenvalue weighted by Crippen LogP contribution is 2.18. The number of benzene rings is 1. The summed E-state index contributed by atoms with van der Waals surface area (Å²) in [7, 11) is -3.35. The highest BCUT2D eigenvalue weighted by atomic mass is 79.9. The molecule has 2 rings (SSSR count). The van der Waals surface area contributed by atoms with Crippen LogP contribution in [-0.2, 0) is 10.0 Å². The van der Waals surface area contributed by atoms with Crippen LogP contribution >= 0.6 is 15.9 Å². The molecule has 6 heteroatoms. The van der Waals surface area contributed by atoms with Gasteiger partial charge in [-0.25, -0.2) is 8.42 Å². The van der Waals surface area contributed by atoms with Gasteiger partial charge in [0.05, 0.1) is 37.6 Å². The molecule has 0 unspecified atom stereocenters. The predicted octanol–water partition coefficient (Wildman–Crippen LogP) is 0.914. The molecule has 1 aromatic carbocycles. The van der Waals surface area contributed by atoms with Gasteiger partial charge in [0.1, 0.15) is 0 Å². The maximum absolute atomic E-state index is 12.5. The van der Waals surface area contributed by atoms with Crippen LogP contribution < -0.4 is 4.90 Å². The number of sulfonamides is 1. The molecule has 1 aromatic rings. The first-order valence-electron chi connectivity index (χ1n) is 6.63. The number of piperazine rings is 1. The monoisotopic (exact) mass is 359 g/mol. The Balaban J connectivity index is 2.05. The summed E-state index contributed by atoms with van der Waals surface area (Å²) in [5.41, 5.74) is 1.14. The van der Waals surface area contributed by atoms with E-state index in [0.29, 0.717) is 18.0 Å². The van der Waals surface area contributed by atoms with Gasteiger partial charge >= 0.3 is 0 Å². The summed E-state index contributed by atoms with van der Waals surface area (Å²) in [4.78, 5) is 1.77. The lowest BCUT2D eigenvalue weighted by molar-refractivity contribution is -0.898. The molecule has 0 aromatic heterocycles. The Morgan fingerprint density at radius 3 is 2.35 bits per heavy atom. The van der Waals surface area contributed by atoms with E-state index < -0.39 is 10.0 Å². The van der Waals surface area contributed by atoms with E-state index in [1.165, 1.54) is 4.90 Å². The number of halogens is 1. The van der Waals surface area contributed by atoms with Crippen molar-refractivity contribution in [2.24, 2.45) is 0 Å². The van der Waals surface area contributed by atoms with Gasteiger partial charge in [0.25, 0.3) is 0 Å². The summed E-state index contributed by atoms with van der Waals surface area (Å²) >= 11 is 3.32. The Morgan fingerprint density at radius 2 is 1.85 bits per heavy atom. The first-order valence-corrected chi connectivity index (χ1v) is 8.86. The second kappa shape index (κ2) is 6.39. The standard InChI is InChI=1S/C14H19BrN2O2S/c1-12(2)11-16-7-9-17(10-8-16)20(18,19)14-5-3-13(15)4-6-14/h3-6H,1,7-11H2,2H3/p+1. The van der Waals surface area contributed by atoms with Crippen molar-refractivity contribution in [1.29, 1.82) is 0 Å². The minimum absolute atomic E-state index is 0.365. The smallest absolute Gasteiger partial charge is 0.243 e. The molecule has 1 aliphatic heterocycles. The third kappa shape index (κ3) is 3.69. The van der Waals surface area contributed by atoms with Gasteiger partial charge < -0.3 is 4.90 Å². The normalized spacial score (nSPS) is 18.1. The van der Waals surface area contributed by atoms with Gasteiger partial charge in [0.15, 0.2) is 0 Å². The lowest BCUT2D eigenvalue weighted by atomic mass is 10.3. The van der Waals surface area contributed by atoms with E-state index in [0.717, 1.165) is 29.7 Å². The number of hydrogen-bond acceptors (Lipinski definition) is 2. The Labute approximate surface area is 129 Å². The Morgan fingerprint density at radius 1 is 1.30 bits per heavy atom. The van der Waals surface area contributed by atoms with Gasteiger partial charge in [0, 0.05) is 4.47 Å². The van der Waals surface area contributed by atoms with Crippen LogP contribution in [0.4, 0.5) is 0 Å². The maximum atomic E-state index is 12.5. The number of hydrogen-bond donors (Lipinski definition) is 1. The average molecular weight is 360 g/mol.